The Balaban J connectivity index is 1.33. The van der Waals surface area contributed by atoms with E-state index in [1.54, 1.807) is 13.0 Å². The number of piperazine rings is 1. The third kappa shape index (κ3) is 4.61. The van der Waals surface area contributed by atoms with Gasteiger partial charge >= 0.3 is 6.01 Å². The minimum Gasteiger partial charge on any atom is -0.462 e. The summed E-state index contributed by atoms with van der Waals surface area (Å²) in [5.41, 5.74) is 7.61. The quantitative estimate of drug-likeness (QED) is 0.299. The van der Waals surface area contributed by atoms with Crippen LogP contribution in [-0.2, 0) is 18.0 Å². The molecule has 7 heterocycles. The van der Waals surface area contributed by atoms with Crippen LogP contribution in [0, 0.1) is 23.0 Å². The zero-order valence-corrected chi connectivity index (χ0v) is 26.5. The maximum absolute atomic E-state index is 17.3. The minimum atomic E-state index is -0.702. The molecule has 13 heteroatoms. The minimum absolute atomic E-state index is 0.00653. The summed E-state index contributed by atoms with van der Waals surface area (Å²) in [6, 6.07) is 5.50. The average Bonchev–Trinajstić information content (AvgIpc) is 3.74. The Morgan fingerprint density at radius 2 is 1.96 bits per heavy atom. The molecule has 4 fully saturated rings. The molecule has 0 radical (unpaired) electrons. The zero-order valence-electron chi connectivity index (χ0n) is 25.7. The Bertz CT molecular complexity index is 1920. The molecule has 2 aromatic heterocycles. The zero-order chi connectivity index (χ0) is 31.9. The van der Waals surface area contributed by atoms with Crippen molar-refractivity contribution in [2.45, 2.75) is 63.6 Å². The van der Waals surface area contributed by atoms with Crippen molar-refractivity contribution < 1.29 is 23.4 Å². The standard InChI is InChI=1S/C33H35F2N7O3S/c1-16(43)10-41-11-18-8-19(12-41)42(18)32-27-22-15-44-14-21(22)26(28-23(34)5-6-24-25(28)20(9-36)31(37)46-24)29(35)30(27)38-33(39-32)45-13-17-4-3-7-40(17)2/h5-6,16-19,43H,3-4,7-8,10-15,37H2,1-2H3/t16-,17+,18?,19?/m1/s1. The molecule has 240 valence electrons. The van der Waals surface area contributed by atoms with E-state index in [1.165, 1.54) is 17.4 Å². The van der Waals surface area contributed by atoms with Gasteiger partial charge in [0.05, 0.1) is 30.3 Å². The van der Waals surface area contributed by atoms with Crippen molar-refractivity contribution >= 4 is 43.1 Å². The van der Waals surface area contributed by atoms with Crippen LogP contribution >= 0.6 is 11.3 Å². The molecule has 4 atom stereocenters. The number of anilines is 2. The first kappa shape index (κ1) is 29.7. The number of nitrogen functional groups attached to an aromatic ring is 1. The molecule has 4 aromatic rings. The fourth-order valence-electron chi connectivity index (χ4n) is 7.97. The maximum atomic E-state index is 17.3. The van der Waals surface area contributed by atoms with Gasteiger partial charge in [-0.3, -0.25) is 4.90 Å². The summed E-state index contributed by atoms with van der Waals surface area (Å²) in [6.45, 7) is 5.49. The lowest BCUT2D eigenvalue weighted by Gasteiger charge is -2.57. The Hall–Kier alpha value is -3.67. The molecular weight excluding hydrogens is 612 g/mol. The number of likely N-dealkylation sites (tertiary alicyclic amines) is 1. The molecule has 9 rings (SSSR count). The number of thiophene rings is 1. The Labute approximate surface area is 268 Å². The fourth-order valence-corrected chi connectivity index (χ4v) is 8.90. The van der Waals surface area contributed by atoms with Crippen LogP contribution in [-0.4, -0.2) is 88.9 Å². The molecule has 4 saturated heterocycles. The predicted molar refractivity (Wildman–Crippen MR) is 172 cm³/mol. The van der Waals surface area contributed by atoms with Gasteiger partial charge in [0.2, 0.25) is 0 Å². The van der Waals surface area contributed by atoms with E-state index < -0.39 is 17.7 Å². The van der Waals surface area contributed by atoms with Gasteiger partial charge in [0.1, 0.15) is 34.8 Å². The highest BCUT2D eigenvalue weighted by atomic mass is 32.1. The van der Waals surface area contributed by atoms with Crippen molar-refractivity contribution in [3.63, 3.8) is 0 Å². The van der Waals surface area contributed by atoms with Crippen molar-refractivity contribution in [1.29, 1.82) is 5.26 Å². The largest absolute Gasteiger partial charge is 0.462 e. The van der Waals surface area contributed by atoms with Crippen LogP contribution in [0.2, 0.25) is 0 Å². The van der Waals surface area contributed by atoms with Crippen LogP contribution in [0.4, 0.5) is 19.6 Å². The second-order valence-corrected chi connectivity index (χ2v) is 14.1. The lowest BCUT2D eigenvalue weighted by Crippen LogP contribution is -2.69. The number of nitriles is 1. The van der Waals surface area contributed by atoms with Gasteiger partial charge in [0, 0.05) is 59.0 Å². The normalized spacial score (nSPS) is 23.6. The van der Waals surface area contributed by atoms with E-state index in [0.717, 1.165) is 38.9 Å². The maximum Gasteiger partial charge on any atom is 0.319 e. The predicted octanol–water partition coefficient (Wildman–Crippen LogP) is 4.39. The van der Waals surface area contributed by atoms with Crippen LogP contribution in [0.5, 0.6) is 6.01 Å². The molecule has 0 amide bonds. The van der Waals surface area contributed by atoms with Gasteiger partial charge in [-0.1, -0.05) is 0 Å². The summed E-state index contributed by atoms with van der Waals surface area (Å²) < 4.78 is 45.9. The molecule has 2 bridgehead atoms. The van der Waals surface area contributed by atoms with E-state index in [1.807, 2.05) is 0 Å². The van der Waals surface area contributed by atoms with E-state index in [4.69, 9.17) is 20.2 Å². The number of nitrogens with two attached hydrogens (primary N) is 1. The van der Waals surface area contributed by atoms with Gasteiger partial charge in [-0.2, -0.15) is 15.2 Å². The van der Waals surface area contributed by atoms with E-state index in [-0.39, 0.29) is 64.6 Å². The second-order valence-electron chi connectivity index (χ2n) is 13.0. The van der Waals surface area contributed by atoms with E-state index in [2.05, 4.69) is 32.8 Å². The van der Waals surface area contributed by atoms with Crippen LogP contribution in [0.25, 0.3) is 32.1 Å². The van der Waals surface area contributed by atoms with Crippen molar-refractivity contribution in [2.24, 2.45) is 0 Å². The molecule has 3 N–H and O–H groups in total. The number of piperidine rings is 1. The topological polar surface area (TPSA) is 124 Å². The first-order chi connectivity index (χ1) is 22.2. The first-order valence-corrected chi connectivity index (χ1v) is 16.6. The molecule has 0 aliphatic carbocycles. The Morgan fingerprint density at radius 3 is 2.67 bits per heavy atom. The van der Waals surface area contributed by atoms with Crippen LogP contribution < -0.4 is 15.4 Å². The van der Waals surface area contributed by atoms with Gasteiger partial charge in [0.25, 0.3) is 0 Å². The number of hydrogen-bond acceptors (Lipinski definition) is 11. The lowest BCUT2D eigenvalue weighted by atomic mass is 9.85. The SMILES string of the molecule is C[C@@H](O)CN1CC2CC(C1)N2c1nc(OC[C@@H]2CCCN2C)nc2c(F)c(-c3c(F)ccc4sc(N)c(C#N)c34)c3c(c12)COC3. The molecule has 5 aliphatic rings. The summed E-state index contributed by atoms with van der Waals surface area (Å²) in [6.07, 6.45) is 2.60. The average molecular weight is 648 g/mol. The summed E-state index contributed by atoms with van der Waals surface area (Å²) >= 11 is 1.17. The summed E-state index contributed by atoms with van der Waals surface area (Å²) in [5, 5.41) is 21.1. The Kier molecular flexibility index (Phi) is 7.26. The first-order valence-electron chi connectivity index (χ1n) is 15.8. The number of aliphatic hydroxyl groups is 1. The third-order valence-electron chi connectivity index (χ3n) is 10.1. The van der Waals surface area contributed by atoms with Crippen molar-refractivity contribution in [2.75, 3.05) is 50.5 Å². The number of fused-ring (bicyclic) bond motifs is 6. The number of nitrogens with zero attached hydrogens (tertiary/aromatic N) is 6. The van der Waals surface area contributed by atoms with Crippen molar-refractivity contribution in [1.82, 2.24) is 19.8 Å². The number of rotatable bonds is 7. The number of likely N-dealkylation sites (N-methyl/N-ethyl adjacent to an activating group) is 1. The molecule has 0 spiro atoms. The molecule has 2 unspecified atom stereocenters. The molecule has 0 saturated carbocycles. The lowest BCUT2D eigenvalue weighted by molar-refractivity contribution is 0.0652. The summed E-state index contributed by atoms with van der Waals surface area (Å²) in [4.78, 5) is 16.4. The summed E-state index contributed by atoms with van der Waals surface area (Å²) in [7, 11) is 2.06. The number of ether oxygens (including phenoxy) is 2. The third-order valence-corrected chi connectivity index (χ3v) is 11.0. The van der Waals surface area contributed by atoms with Gasteiger partial charge in [-0.15, -0.1) is 11.3 Å². The van der Waals surface area contributed by atoms with Crippen molar-refractivity contribution in [3.05, 3.63) is 40.5 Å². The summed E-state index contributed by atoms with van der Waals surface area (Å²) in [5.74, 6) is -0.757. The monoisotopic (exact) mass is 647 g/mol. The molecule has 10 nitrogen and oxygen atoms in total. The highest BCUT2D eigenvalue weighted by Gasteiger charge is 2.47. The number of aliphatic hydroxyl groups excluding tert-OH is 1. The van der Waals surface area contributed by atoms with Gasteiger partial charge < -0.3 is 30.1 Å². The number of benzene rings is 2. The van der Waals surface area contributed by atoms with E-state index in [0.29, 0.717) is 45.6 Å². The smallest absolute Gasteiger partial charge is 0.319 e. The molecule has 46 heavy (non-hydrogen) atoms. The highest BCUT2D eigenvalue weighted by molar-refractivity contribution is 7.23. The number of halogens is 2. The van der Waals surface area contributed by atoms with Crippen LogP contribution in [0.15, 0.2) is 12.1 Å². The number of hydrogen-bond donors (Lipinski definition) is 2. The molecule has 2 aromatic carbocycles. The molecular formula is C33H35F2N7O3S. The van der Waals surface area contributed by atoms with Gasteiger partial charge in [-0.25, -0.2) is 8.78 Å². The van der Waals surface area contributed by atoms with Gasteiger partial charge in [-0.05, 0) is 63.0 Å². The van der Waals surface area contributed by atoms with Gasteiger partial charge in [0.15, 0.2) is 5.82 Å². The fraction of sp³-hybridized carbons (Fsp3) is 0.485. The van der Waals surface area contributed by atoms with E-state index >= 15 is 8.78 Å². The Morgan fingerprint density at radius 1 is 1.17 bits per heavy atom. The van der Waals surface area contributed by atoms with Crippen molar-refractivity contribution in [3.8, 4) is 23.2 Å². The molecule has 5 aliphatic heterocycles. The highest BCUT2D eigenvalue weighted by Crippen LogP contribution is 2.49. The van der Waals surface area contributed by atoms with Crippen LogP contribution in [0.1, 0.15) is 42.9 Å². The van der Waals surface area contributed by atoms with Crippen LogP contribution in [0.3, 0.4) is 0 Å². The second kappa shape index (κ2) is 11.2. The van der Waals surface area contributed by atoms with E-state index in [9.17, 15) is 10.4 Å². The number of aromatic nitrogens is 2.